The Balaban J connectivity index is 2.10. The Morgan fingerprint density at radius 3 is 2.95 bits per heavy atom. The molecule has 1 atom stereocenters. The van der Waals surface area contributed by atoms with Crippen LogP contribution in [-0.4, -0.2) is 44.3 Å². The summed E-state index contributed by atoms with van der Waals surface area (Å²) in [5.74, 6) is 0.665. The van der Waals surface area contributed by atoms with Gasteiger partial charge in [0.05, 0.1) is 17.0 Å². The maximum absolute atomic E-state index is 11.7. The Morgan fingerprint density at radius 1 is 1.42 bits per heavy atom. The number of fused-ring (bicyclic) bond motifs is 1. The van der Waals surface area contributed by atoms with Crippen LogP contribution in [-0.2, 0) is 14.6 Å². The summed E-state index contributed by atoms with van der Waals surface area (Å²) < 4.78 is 29.1. The van der Waals surface area contributed by atoms with Crippen molar-refractivity contribution in [1.82, 2.24) is 15.3 Å². The van der Waals surface area contributed by atoms with Gasteiger partial charge in [-0.1, -0.05) is 6.07 Å². The Kier molecular flexibility index (Phi) is 3.04. The number of H-pyrrole nitrogens is 1. The molecule has 0 saturated carbocycles. The first-order chi connectivity index (χ1) is 9.05. The fourth-order valence-electron chi connectivity index (χ4n) is 2.22. The molecule has 102 valence electrons. The second kappa shape index (κ2) is 4.59. The second-order valence-corrected chi connectivity index (χ2v) is 6.59. The minimum atomic E-state index is -3.29. The Morgan fingerprint density at radius 2 is 2.26 bits per heavy atom. The van der Waals surface area contributed by atoms with Gasteiger partial charge in [0.2, 0.25) is 0 Å². The molecule has 1 aromatic heterocycles. The molecule has 2 N–H and O–H groups in total. The normalized spacial score (nSPS) is 20.8. The summed E-state index contributed by atoms with van der Waals surface area (Å²) >= 11 is 0. The second-order valence-electron chi connectivity index (χ2n) is 4.61. The summed E-state index contributed by atoms with van der Waals surface area (Å²) in [6.45, 7) is 2.12. The first-order valence-electron chi connectivity index (χ1n) is 6.07. The summed E-state index contributed by atoms with van der Waals surface area (Å²) in [7, 11) is -3.29. The number of aromatic amines is 1. The molecule has 0 radical (unpaired) electrons. The minimum Gasteiger partial charge on any atom is -0.368 e. The van der Waals surface area contributed by atoms with Crippen LogP contribution in [0.5, 0.6) is 0 Å². The molecule has 0 spiro atoms. The zero-order valence-corrected chi connectivity index (χ0v) is 11.3. The van der Waals surface area contributed by atoms with E-state index in [1.165, 1.54) is 6.26 Å². The number of sulfone groups is 1. The van der Waals surface area contributed by atoms with Crippen molar-refractivity contribution < 1.29 is 13.2 Å². The molecule has 1 aromatic carbocycles. The Hall–Kier alpha value is -1.44. The van der Waals surface area contributed by atoms with Crippen molar-refractivity contribution >= 4 is 20.9 Å². The number of para-hydroxylation sites is 1. The number of hydrogen-bond acceptors (Lipinski definition) is 5. The number of benzene rings is 1. The highest BCUT2D eigenvalue weighted by molar-refractivity contribution is 7.91. The van der Waals surface area contributed by atoms with Gasteiger partial charge in [0.15, 0.2) is 9.84 Å². The molecule has 19 heavy (non-hydrogen) atoms. The molecular weight excluding hydrogens is 266 g/mol. The van der Waals surface area contributed by atoms with Gasteiger partial charge in [-0.05, 0) is 12.1 Å². The summed E-state index contributed by atoms with van der Waals surface area (Å²) in [5.41, 5.74) is 1.20. The summed E-state index contributed by atoms with van der Waals surface area (Å²) in [4.78, 5) is 7.79. The molecule has 1 fully saturated rings. The van der Waals surface area contributed by atoms with Gasteiger partial charge >= 0.3 is 0 Å². The smallest absolute Gasteiger partial charge is 0.177 e. The van der Waals surface area contributed by atoms with Crippen LogP contribution in [0.25, 0.3) is 11.0 Å². The molecule has 3 rings (SSSR count). The highest BCUT2D eigenvalue weighted by Crippen LogP contribution is 2.24. The lowest BCUT2D eigenvalue weighted by atomic mass is 10.3. The average molecular weight is 281 g/mol. The summed E-state index contributed by atoms with van der Waals surface area (Å²) in [5, 5.41) is 3.22. The van der Waals surface area contributed by atoms with Gasteiger partial charge in [0, 0.05) is 19.3 Å². The van der Waals surface area contributed by atoms with E-state index in [2.05, 4.69) is 15.3 Å². The van der Waals surface area contributed by atoms with Crippen molar-refractivity contribution in [2.45, 2.75) is 11.0 Å². The van der Waals surface area contributed by atoms with Crippen LogP contribution >= 0.6 is 0 Å². The molecule has 6 nitrogen and oxygen atoms in total. The van der Waals surface area contributed by atoms with Crippen LogP contribution in [0.15, 0.2) is 23.1 Å². The van der Waals surface area contributed by atoms with E-state index in [9.17, 15) is 8.42 Å². The lowest BCUT2D eigenvalue weighted by Gasteiger charge is -2.21. The van der Waals surface area contributed by atoms with Gasteiger partial charge in [-0.25, -0.2) is 13.4 Å². The van der Waals surface area contributed by atoms with Crippen molar-refractivity contribution in [2.75, 3.05) is 26.0 Å². The summed E-state index contributed by atoms with van der Waals surface area (Å²) in [6, 6.07) is 5.10. The van der Waals surface area contributed by atoms with Gasteiger partial charge < -0.3 is 15.0 Å². The molecule has 1 aliphatic rings. The fraction of sp³-hybridized carbons (Fsp3) is 0.417. The molecule has 7 heteroatoms. The number of hydrogen-bond donors (Lipinski definition) is 2. The third kappa shape index (κ3) is 2.36. The van der Waals surface area contributed by atoms with Gasteiger partial charge in [-0.3, -0.25) is 0 Å². The molecular formula is C12H15N3O3S. The quantitative estimate of drug-likeness (QED) is 0.843. The van der Waals surface area contributed by atoms with Crippen molar-refractivity contribution in [3.8, 4) is 0 Å². The van der Waals surface area contributed by atoms with Crippen LogP contribution in [0, 0.1) is 0 Å². The monoisotopic (exact) mass is 281 g/mol. The van der Waals surface area contributed by atoms with E-state index >= 15 is 0 Å². The highest BCUT2D eigenvalue weighted by atomic mass is 32.2. The minimum absolute atomic E-state index is 0.159. The van der Waals surface area contributed by atoms with Crippen molar-refractivity contribution in [1.29, 1.82) is 0 Å². The Bertz CT molecular complexity index is 702. The predicted molar refractivity (Wildman–Crippen MR) is 70.8 cm³/mol. The molecule has 2 heterocycles. The van der Waals surface area contributed by atoms with E-state index in [4.69, 9.17) is 4.74 Å². The molecule has 0 aliphatic carbocycles. The predicted octanol–water partition coefficient (Wildman–Crippen LogP) is 0.627. The number of morpholine rings is 1. The molecule has 0 amide bonds. The topological polar surface area (TPSA) is 84.1 Å². The SMILES string of the molecule is CS(=O)(=O)c1cccc2[nH]c(C3CNCCO3)nc12. The standard InChI is InChI=1S/C12H15N3O3S/c1-19(16,17)10-4-2-3-8-11(10)15-12(14-8)9-7-13-5-6-18-9/h2-4,9,13H,5-7H2,1H3,(H,14,15). The van der Waals surface area contributed by atoms with Gasteiger partial charge in [-0.2, -0.15) is 0 Å². The van der Waals surface area contributed by atoms with Crippen molar-refractivity contribution in [2.24, 2.45) is 0 Å². The average Bonchev–Trinajstić information content (AvgIpc) is 2.82. The van der Waals surface area contributed by atoms with Gasteiger partial charge in [0.25, 0.3) is 0 Å². The molecule has 1 aliphatic heterocycles. The first-order valence-corrected chi connectivity index (χ1v) is 7.96. The van der Waals surface area contributed by atoms with Crippen LogP contribution in [0.3, 0.4) is 0 Å². The molecule has 1 unspecified atom stereocenters. The number of nitrogens with zero attached hydrogens (tertiary/aromatic N) is 1. The van der Waals surface area contributed by atoms with E-state index < -0.39 is 9.84 Å². The number of aromatic nitrogens is 2. The van der Waals surface area contributed by atoms with E-state index in [0.717, 1.165) is 6.54 Å². The number of rotatable bonds is 2. The lowest BCUT2D eigenvalue weighted by molar-refractivity contribution is 0.0228. The van der Waals surface area contributed by atoms with Crippen LogP contribution < -0.4 is 5.32 Å². The number of imidazole rings is 1. The van der Waals surface area contributed by atoms with Gasteiger partial charge in [-0.15, -0.1) is 0 Å². The van der Waals surface area contributed by atoms with Crippen molar-refractivity contribution in [3.05, 3.63) is 24.0 Å². The van der Waals surface area contributed by atoms with Crippen molar-refractivity contribution in [3.63, 3.8) is 0 Å². The van der Waals surface area contributed by atoms with Crippen LogP contribution in [0.2, 0.25) is 0 Å². The molecule has 0 bridgehead atoms. The molecule has 1 saturated heterocycles. The largest absolute Gasteiger partial charge is 0.368 e. The lowest BCUT2D eigenvalue weighted by Crippen LogP contribution is -2.33. The van der Waals surface area contributed by atoms with Crippen LogP contribution in [0.1, 0.15) is 11.9 Å². The molecule has 2 aromatic rings. The maximum Gasteiger partial charge on any atom is 0.177 e. The zero-order valence-electron chi connectivity index (χ0n) is 10.5. The first kappa shape index (κ1) is 12.6. The number of ether oxygens (including phenoxy) is 1. The highest BCUT2D eigenvalue weighted by Gasteiger charge is 2.21. The third-order valence-electron chi connectivity index (χ3n) is 3.13. The maximum atomic E-state index is 11.7. The summed E-state index contributed by atoms with van der Waals surface area (Å²) in [6.07, 6.45) is 1.03. The van der Waals surface area contributed by atoms with Gasteiger partial charge in [0.1, 0.15) is 17.4 Å². The third-order valence-corrected chi connectivity index (χ3v) is 4.25. The zero-order chi connectivity index (χ0) is 13.5. The van der Waals surface area contributed by atoms with E-state index in [1.54, 1.807) is 12.1 Å². The van der Waals surface area contributed by atoms with E-state index in [1.807, 2.05) is 6.07 Å². The Labute approximate surface area is 111 Å². The van der Waals surface area contributed by atoms with E-state index in [0.29, 0.717) is 30.0 Å². The number of nitrogens with one attached hydrogen (secondary N) is 2. The fourth-order valence-corrected chi connectivity index (χ4v) is 3.05. The van der Waals surface area contributed by atoms with Crippen LogP contribution in [0.4, 0.5) is 0 Å². The van der Waals surface area contributed by atoms with E-state index in [-0.39, 0.29) is 11.0 Å².